The van der Waals surface area contributed by atoms with Crippen molar-refractivity contribution in [2.75, 3.05) is 5.32 Å². The van der Waals surface area contributed by atoms with Crippen LogP contribution in [0.5, 0.6) is 0 Å². The number of furan rings is 1. The summed E-state index contributed by atoms with van der Waals surface area (Å²) in [4.78, 5) is 13.3. The molecule has 0 spiro atoms. The molecule has 170 valence electrons. The zero-order valence-electron chi connectivity index (χ0n) is 17.4. The average molecular weight is 529 g/mol. The van der Waals surface area contributed by atoms with Crippen molar-refractivity contribution < 1.29 is 9.21 Å². The highest BCUT2D eigenvalue weighted by molar-refractivity contribution is 7.80. The maximum Gasteiger partial charge on any atom is 0.293 e. The number of amides is 1. The molecule has 0 radical (unpaired) electrons. The highest BCUT2D eigenvalue weighted by atomic mass is 35.5. The molecule has 0 atom stereocenters. The number of hydrogen-bond acceptors (Lipinski definition) is 7. The van der Waals surface area contributed by atoms with Gasteiger partial charge in [-0.1, -0.05) is 34.5 Å². The van der Waals surface area contributed by atoms with Crippen LogP contribution in [0.1, 0.15) is 16.4 Å². The summed E-state index contributed by atoms with van der Waals surface area (Å²) in [5, 5.41) is 20.1. The molecule has 0 bridgehead atoms. The number of anilines is 1. The van der Waals surface area contributed by atoms with Gasteiger partial charge in [0, 0.05) is 21.8 Å². The monoisotopic (exact) mass is 528 g/mol. The third-order valence-corrected chi connectivity index (χ3v) is 6.50. The van der Waals surface area contributed by atoms with Crippen molar-refractivity contribution in [3.05, 3.63) is 76.2 Å². The molecule has 0 aliphatic carbocycles. The first kappa shape index (κ1) is 22.5. The first-order valence-electron chi connectivity index (χ1n) is 9.84. The van der Waals surface area contributed by atoms with Crippen LogP contribution in [0.15, 0.2) is 59.0 Å². The lowest BCUT2D eigenvalue weighted by Crippen LogP contribution is -2.33. The highest BCUT2D eigenvalue weighted by Crippen LogP contribution is 2.32. The summed E-state index contributed by atoms with van der Waals surface area (Å²) in [6, 6.07) is 15.7. The minimum absolute atomic E-state index is 0.0871. The van der Waals surface area contributed by atoms with Crippen LogP contribution in [0.4, 0.5) is 5.69 Å². The van der Waals surface area contributed by atoms with Gasteiger partial charge in [0.1, 0.15) is 10.8 Å². The molecule has 0 unspecified atom stereocenters. The summed E-state index contributed by atoms with van der Waals surface area (Å²) >= 11 is 19.0. The molecule has 3 aromatic heterocycles. The van der Waals surface area contributed by atoms with Crippen LogP contribution in [0, 0.1) is 6.92 Å². The van der Waals surface area contributed by atoms with Crippen molar-refractivity contribution in [1.29, 1.82) is 0 Å². The summed E-state index contributed by atoms with van der Waals surface area (Å²) in [5.74, 6) is 0.752. The molecule has 5 rings (SSSR count). The maximum atomic E-state index is 12.6. The van der Waals surface area contributed by atoms with Crippen LogP contribution < -0.4 is 10.6 Å². The Morgan fingerprint density at radius 3 is 2.65 bits per heavy atom. The Kier molecular flexibility index (Phi) is 6.05. The van der Waals surface area contributed by atoms with Crippen LogP contribution >= 0.6 is 46.8 Å². The molecule has 0 saturated carbocycles. The van der Waals surface area contributed by atoms with E-state index in [0.717, 1.165) is 21.4 Å². The van der Waals surface area contributed by atoms with Gasteiger partial charge in [-0.25, -0.2) is 0 Å². The van der Waals surface area contributed by atoms with E-state index in [1.165, 1.54) is 11.3 Å². The molecule has 1 amide bonds. The molecule has 3 heterocycles. The van der Waals surface area contributed by atoms with Gasteiger partial charge in [0.25, 0.3) is 5.91 Å². The van der Waals surface area contributed by atoms with Crippen LogP contribution in [-0.2, 0) is 0 Å². The number of rotatable bonds is 4. The zero-order valence-corrected chi connectivity index (χ0v) is 20.5. The maximum absolute atomic E-state index is 12.6. The minimum Gasteiger partial charge on any atom is -0.451 e. The van der Waals surface area contributed by atoms with E-state index in [0.29, 0.717) is 27.1 Å². The highest BCUT2D eigenvalue weighted by Gasteiger charge is 2.16. The lowest BCUT2D eigenvalue weighted by atomic mass is 10.2. The van der Waals surface area contributed by atoms with Crippen LogP contribution in [0.3, 0.4) is 0 Å². The minimum atomic E-state index is -0.492. The molecule has 0 saturated heterocycles. The SMILES string of the molecule is Cc1nnc2sc(-c3ccc(NC(=S)NC(=O)c4ccc(-c5cc(Cl)ccc5Cl)o4)cc3)nn12. The standard InChI is InChI=1S/C22H14Cl2N6O2S2/c1-11-27-28-22-30(11)29-20(34-22)12-2-5-14(6-3-12)25-21(33)26-19(31)18-9-8-17(32-18)15-10-13(23)4-7-16(15)24/h2-10H,1H3,(H2,25,26,31,33). The number of aromatic nitrogens is 4. The van der Waals surface area contributed by atoms with Gasteiger partial charge in [0.15, 0.2) is 16.7 Å². The van der Waals surface area contributed by atoms with Gasteiger partial charge in [0.2, 0.25) is 4.96 Å². The van der Waals surface area contributed by atoms with Gasteiger partial charge in [0.05, 0.1) is 5.02 Å². The zero-order chi connectivity index (χ0) is 23.8. The molecule has 0 aliphatic rings. The largest absolute Gasteiger partial charge is 0.451 e. The Bertz CT molecular complexity index is 1540. The summed E-state index contributed by atoms with van der Waals surface area (Å²) in [5.41, 5.74) is 2.23. The van der Waals surface area contributed by atoms with Crippen molar-refractivity contribution in [2.24, 2.45) is 0 Å². The van der Waals surface area contributed by atoms with E-state index < -0.39 is 5.91 Å². The lowest BCUT2D eigenvalue weighted by Gasteiger charge is -2.09. The Morgan fingerprint density at radius 2 is 1.88 bits per heavy atom. The smallest absolute Gasteiger partial charge is 0.293 e. The third kappa shape index (κ3) is 4.53. The average Bonchev–Trinajstić information content (AvgIpc) is 3.54. The number of benzene rings is 2. The third-order valence-electron chi connectivity index (χ3n) is 4.79. The molecule has 8 nitrogen and oxygen atoms in total. The molecular formula is C22H14Cl2N6O2S2. The van der Waals surface area contributed by atoms with E-state index in [4.69, 9.17) is 39.8 Å². The summed E-state index contributed by atoms with van der Waals surface area (Å²) in [6.07, 6.45) is 0. The number of carbonyl (C=O) groups is 1. The van der Waals surface area contributed by atoms with Crippen molar-refractivity contribution in [3.63, 3.8) is 0 Å². The molecule has 2 aromatic carbocycles. The van der Waals surface area contributed by atoms with Gasteiger partial charge < -0.3 is 9.73 Å². The summed E-state index contributed by atoms with van der Waals surface area (Å²) < 4.78 is 7.36. The van der Waals surface area contributed by atoms with Crippen molar-refractivity contribution in [3.8, 4) is 21.9 Å². The van der Waals surface area contributed by atoms with Crippen molar-refractivity contribution in [2.45, 2.75) is 6.92 Å². The predicted octanol–water partition coefficient (Wildman–Crippen LogP) is 5.85. The van der Waals surface area contributed by atoms with E-state index in [2.05, 4.69) is 25.9 Å². The van der Waals surface area contributed by atoms with E-state index in [1.807, 2.05) is 31.2 Å². The second-order valence-corrected chi connectivity index (χ2v) is 9.33. The van der Waals surface area contributed by atoms with Gasteiger partial charge in [-0.05, 0) is 73.7 Å². The Balaban J connectivity index is 1.23. The second-order valence-electron chi connectivity index (χ2n) is 7.12. The van der Waals surface area contributed by atoms with Gasteiger partial charge in [-0.15, -0.1) is 10.2 Å². The number of nitrogens with zero attached hydrogens (tertiary/aromatic N) is 4. The number of halogens is 2. The normalized spacial score (nSPS) is 11.0. The quantitative estimate of drug-likeness (QED) is 0.282. The predicted molar refractivity (Wildman–Crippen MR) is 137 cm³/mol. The van der Waals surface area contributed by atoms with Gasteiger partial charge >= 0.3 is 0 Å². The van der Waals surface area contributed by atoms with E-state index in [1.54, 1.807) is 34.8 Å². The fourth-order valence-electron chi connectivity index (χ4n) is 3.15. The first-order chi connectivity index (χ1) is 16.4. The van der Waals surface area contributed by atoms with Crippen LogP contribution in [0.25, 0.3) is 26.9 Å². The van der Waals surface area contributed by atoms with E-state index >= 15 is 0 Å². The molecule has 5 aromatic rings. The van der Waals surface area contributed by atoms with Crippen molar-refractivity contribution in [1.82, 2.24) is 25.1 Å². The number of hydrogen-bond donors (Lipinski definition) is 2. The first-order valence-corrected chi connectivity index (χ1v) is 11.8. The fourth-order valence-corrected chi connectivity index (χ4v) is 4.63. The Hall–Kier alpha value is -3.31. The summed E-state index contributed by atoms with van der Waals surface area (Å²) in [6.45, 7) is 1.85. The van der Waals surface area contributed by atoms with Crippen molar-refractivity contribution >= 4 is 68.4 Å². The Morgan fingerprint density at radius 1 is 1.09 bits per heavy atom. The fraction of sp³-hybridized carbons (Fsp3) is 0.0455. The molecule has 34 heavy (non-hydrogen) atoms. The van der Waals surface area contributed by atoms with Crippen LogP contribution in [0.2, 0.25) is 10.0 Å². The molecule has 0 aliphatic heterocycles. The van der Waals surface area contributed by atoms with Gasteiger partial charge in [-0.3, -0.25) is 10.1 Å². The molecular weight excluding hydrogens is 515 g/mol. The molecule has 2 N–H and O–H groups in total. The van der Waals surface area contributed by atoms with Gasteiger partial charge in [-0.2, -0.15) is 9.61 Å². The van der Waals surface area contributed by atoms with E-state index in [-0.39, 0.29) is 10.9 Å². The van der Waals surface area contributed by atoms with Crippen LogP contribution in [-0.4, -0.2) is 30.8 Å². The number of carbonyl (C=O) groups excluding carboxylic acids is 1. The summed E-state index contributed by atoms with van der Waals surface area (Å²) in [7, 11) is 0. The number of nitrogens with one attached hydrogen (secondary N) is 2. The number of fused-ring (bicyclic) bond motifs is 1. The number of thiocarbonyl (C=S) groups is 1. The molecule has 12 heteroatoms. The van der Waals surface area contributed by atoms with E-state index in [9.17, 15) is 4.79 Å². The Labute approximate surface area is 212 Å². The lowest BCUT2D eigenvalue weighted by molar-refractivity contribution is 0.0951. The topological polar surface area (TPSA) is 97.3 Å². The second kappa shape index (κ2) is 9.15. The molecule has 0 fully saturated rings. The number of aryl methyl sites for hydroxylation is 1.